The molecule has 5 heteroatoms. The molecule has 90 valence electrons. The van der Waals surface area contributed by atoms with Crippen molar-refractivity contribution in [1.29, 1.82) is 0 Å². The molecule has 0 aliphatic carbocycles. The quantitative estimate of drug-likeness (QED) is 0.815. The molecule has 0 aromatic carbocycles. The SMILES string of the molecule is Cc1ccc(C(=O)Cc2c(Br)c(C)nn2C)s1. The summed E-state index contributed by atoms with van der Waals surface area (Å²) in [6.45, 7) is 3.93. The summed E-state index contributed by atoms with van der Waals surface area (Å²) in [5, 5.41) is 4.28. The van der Waals surface area contributed by atoms with E-state index >= 15 is 0 Å². The molecule has 0 fully saturated rings. The van der Waals surface area contributed by atoms with E-state index in [1.54, 1.807) is 4.68 Å². The monoisotopic (exact) mass is 312 g/mol. The topological polar surface area (TPSA) is 34.9 Å². The van der Waals surface area contributed by atoms with Gasteiger partial charge in [-0.1, -0.05) is 0 Å². The van der Waals surface area contributed by atoms with Crippen molar-refractivity contribution in [3.05, 3.63) is 37.7 Å². The molecule has 0 aliphatic rings. The van der Waals surface area contributed by atoms with Gasteiger partial charge in [-0.3, -0.25) is 9.48 Å². The first-order valence-electron chi connectivity index (χ1n) is 5.26. The molecule has 0 N–H and O–H groups in total. The van der Waals surface area contributed by atoms with E-state index in [1.807, 2.05) is 33.0 Å². The maximum atomic E-state index is 12.1. The summed E-state index contributed by atoms with van der Waals surface area (Å²) in [6.07, 6.45) is 0.387. The first kappa shape index (κ1) is 12.5. The van der Waals surface area contributed by atoms with Gasteiger partial charge in [0.1, 0.15) is 0 Å². The molecule has 0 bridgehead atoms. The fraction of sp³-hybridized carbons (Fsp3) is 0.333. The first-order chi connectivity index (χ1) is 7.99. The number of nitrogens with zero attached hydrogens (tertiary/aromatic N) is 2. The minimum Gasteiger partial charge on any atom is -0.293 e. The van der Waals surface area contributed by atoms with Crippen molar-refractivity contribution in [2.45, 2.75) is 20.3 Å². The van der Waals surface area contributed by atoms with Crippen LogP contribution in [0.3, 0.4) is 0 Å². The number of halogens is 1. The lowest BCUT2D eigenvalue weighted by molar-refractivity contribution is 0.0994. The molecule has 2 aromatic rings. The Morgan fingerprint density at radius 3 is 2.65 bits per heavy atom. The molecule has 2 aromatic heterocycles. The van der Waals surface area contributed by atoms with Crippen molar-refractivity contribution >= 4 is 33.0 Å². The van der Waals surface area contributed by atoms with Gasteiger partial charge in [0.2, 0.25) is 0 Å². The van der Waals surface area contributed by atoms with E-state index in [0.717, 1.165) is 25.6 Å². The molecule has 0 atom stereocenters. The third-order valence-corrected chi connectivity index (χ3v) is 4.68. The Kier molecular flexibility index (Phi) is 3.49. The van der Waals surface area contributed by atoms with E-state index < -0.39 is 0 Å². The lowest BCUT2D eigenvalue weighted by Gasteiger charge is -2.00. The summed E-state index contributed by atoms with van der Waals surface area (Å²) >= 11 is 5.01. The molecule has 0 saturated heterocycles. The number of carbonyl (C=O) groups excluding carboxylic acids is 1. The van der Waals surface area contributed by atoms with Crippen molar-refractivity contribution in [2.24, 2.45) is 7.05 Å². The Balaban J connectivity index is 2.24. The Bertz CT molecular complexity index is 571. The summed E-state index contributed by atoms with van der Waals surface area (Å²) in [6, 6.07) is 3.86. The zero-order chi connectivity index (χ0) is 12.6. The number of hydrogen-bond acceptors (Lipinski definition) is 3. The van der Waals surface area contributed by atoms with E-state index in [2.05, 4.69) is 21.0 Å². The van der Waals surface area contributed by atoms with Gasteiger partial charge in [0.15, 0.2) is 5.78 Å². The summed E-state index contributed by atoms with van der Waals surface area (Å²) < 4.78 is 2.69. The van der Waals surface area contributed by atoms with Crippen molar-refractivity contribution in [3.8, 4) is 0 Å². The summed E-state index contributed by atoms with van der Waals surface area (Å²) in [5.41, 5.74) is 1.84. The normalized spacial score (nSPS) is 10.8. The molecule has 0 spiro atoms. The molecule has 0 amide bonds. The fourth-order valence-electron chi connectivity index (χ4n) is 1.70. The zero-order valence-electron chi connectivity index (χ0n) is 9.95. The maximum Gasteiger partial charge on any atom is 0.178 e. The van der Waals surface area contributed by atoms with Crippen LogP contribution in [0.15, 0.2) is 16.6 Å². The van der Waals surface area contributed by atoms with Crippen LogP contribution in [-0.4, -0.2) is 15.6 Å². The number of thiophene rings is 1. The van der Waals surface area contributed by atoms with Crippen LogP contribution in [0.4, 0.5) is 0 Å². The summed E-state index contributed by atoms with van der Waals surface area (Å²) in [7, 11) is 1.86. The highest BCUT2D eigenvalue weighted by Crippen LogP contribution is 2.23. The van der Waals surface area contributed by atoms with Crippen LogP contribution in [0, 0.1) is 13.8 Å². The van der Waals surface area contributed by atoms with Gasteiger partial charge in [-0.2, -0.15) is 5.10 Å². The van der Waals surface area contributed by atoms with Gasteiger partial charge in [-0.15, -0.1) is 11.3 Å². The number of hydrogen-bond donors (Lipinski definition) is 0. The highest BCUT2D eigenvalue weighted by Gasteiger charge is 2.16. The van der Waals surface area contributed by atoms with E-state index in [1.165, 1.54) is 11.3 Å². The molecule has 2 heterocycles. The number of Topliss-reactive ketones (excluding diaryl/α,β-unsaturated/α-hetero) is 1. The predicted molar refractivity (Wildman–Crippen MR) is 72.7 cm³/mol. The summed E-state index contributed by atoms with van der Waals surface area (Å²) in [4.78, 5) is 14.1. The number of carbonyl (C=O) groups is 1. The average Bonchev–Trinajstić information content (AvgIpc) is 2.79. The van der Waals surface area contributed by atoms with Gasteiger partial charge in [0.05, 0.1) is 27.2 Å². The Morgan fingerprint density at radius 1 is 1.47 bits per heavy atom. The molecule has 0 aliphatic heterocycles. The van der Waals surface area contributed by atoms with Crippen molar-refractivity contribution < 1.29 is 4.79 Å². The smallest absolute Gasteiger partial charge is 0.178 e. The van der Waals surface area contributed by atoms with Crippen LogP contribution in [0.5, 0.6) is 0 Å². The minimum absolute atomic E-state index is 0.145. The van der Waals surface area contributed by atoms with Gasteiger partial charge in [0.25, 0.3) is 0 Å². The molecule has 0 unspecified atom stereocenters. The molecular weight excluding hydrogens is 300 g/mol. The number of ketones is 1. The van der Waals surface area contributed by atoms with E-state index in [9.17, 15) is 4.79 Å². The van der Waals surface area contributed by atoms with Crippen molar-refractivity contribution in [2.75, 3.05) is 0 Å². The van der Waals surface area contributed by atoms with Gasteiger partial charge < -0.3 is 0 Å². The molecule has 0 radical (unpaired) electrons. The molecule has 0 saturated carbocycles. The largest absolute Gasteiger partial charge is 0.293 e. The highest BCUT2D eigenvalue weighted by atomic mass is 79.9. The third kappa shape index (κ3) is 2.50. The fourth-order valence-corrected chi connectivity index (χ4v) is 2.98. The maximum absolute atomic E-state index is 12.1. The Labute approximate surface area is 113 Å². The van der Waals surface area contributed by atoms with Gasteiger partial charge in [-0.25, -0.2) is 0 Å². The van der Waals surface area contributed by atoms with Crippen molar-refractivity contribution in [3.63, 3.8) is 0 Å². The van der Waals surface area contributed by atoms with Crippen LogP contribution in [0.25, 0.3) is 0 Å². The predicted octanol–water partition coefficient (Wildman–Crippen LogP) is 3.29. The first-order valence-corrected chi connectivity index (χ1v) is 6.87. The summed E-state index contributed by atoms with van der Waals surface area (Å²) in [5.74, 6) is 0.145. The molecule has 3 nitrogen and oxygen atoms in total. The second-order valence-electron chi connectivity index (χ2n) is 3.98. The Hall–Kier alpha value is -0.940. The number of rotatable bonds is 3. The van der Waals surface area contributed by atoms with E-state index in [0.29, 0.717) is 6.42 Å². The van der Waals surface area contributed by atoms with Crippen LogP contribution in [0.1, 0.15) is 25.9 Å². The highest BCUT2D eigenvalue weighted by molar-refractivity contribution is 9.10. The molecule has 17 heavy (non-hydrogen) atoms. The second kappa shape index (κ2) is 4.74. The van der Waals surface area contributed by atoms with Gasteiger partial charge >= 0.3 is 0 Å². The van der Waals surface area contributed by atoms with Crippen molar-refractivity contribution in [1.82, 2.24) is 9.78 Å². The Morgan fingerprint density at radius 2 is 2.18 bits per heavy atom. The zero-order valence-corrected chi connectivity index (χ0v) is 12.4. The third-order valence-electron chi connectivity index (χ3n) is 2.60. The average molecular weight is 313 g/mol. The second-order valence-corrected chi connectivity index (χ2v) is 6.06. The lowest BCUT2D eigenvalue weighted by atomic mass is 10.2. The van der Waals surface area contributed by atoms with Crippen LogP contribution in [0.2, 0.25) is 0 Å². The molecule has 2 rings (SSSR count). The van der Waals surface area contributed by atoms with E-state index in [4.69, 9.17) is 0 Å². The standard InChI is InChI=1S/C12H13BrN2OS/c1-7-4-5-11(17-7)10(16)6-9-12(13)8(2)14-15(9)3/h4-5H,6H2,1-3H3. The van der Waals surface area contributed by atoms with Crippen LogP contribution in [-0.2, 0) is 13.5 Å². The van der Waals surface area contributed by atoms with E-state index in [-0.39, 0.29) is 5.78 Å². The lowest BCUT2D eigenvalue weighted by Crippen LogP contribution is -2.07. The number of aryl methyl sites for hydroxylation is 3. The van der Waals surface area contributed by atoms with Crippen LogP contribution >= 0.6 is 27.3 Å². The molecular formula is C12H13BrN2OS. The van der Waals surface area contributed by atoms with Crippen LogP contribution < -0.4 is 0 Å². The van der Waals surface area contributed by atoms with Gasteiger partial charge in [-0.05, 0) is 41.9 Å². The number of aromatic nitrogens is 2. The minimum atomic E-state index is 0.145. The van der Waals surface area contributed by atoms with Gasteiger partial charge in [0, 0.05) is 11.9 Å².